The van der Waals surface area contributed by atoms with Crippen LogP contribution < -0.4 is 0 Å². The first-order valence-electron chi connectivity index (χ1n) is 10.6. The van der Waals surface area contributed by atoms with Crippen molar-refractivity contribution in [3.63, 3.8) is 0 Å². The molecule has 5 nitrogen and oxygen atoms in total. The topological polar surface area (TPSA) is 53.5 Å². The SMILES string of the molecule is O=C(CC1CCN(C(=O)c2ccccc2Sc2ccc(Br)cn2)CC1)N1CCCC1. The number of hydrogen-bond donors (Lipinski definition) is 0. The number of carbonyl (C=O) groups excluding carboxylic acids is 2. The third kappa shape index (κ3) is 5.24. The van der Waals surface area contributed by atoms with Gasteiger partial charge in [-0.25, -0.2) is 4.98 Å². The molecule has 0 atom stereocenters. The number of nitrogens with zero attached hydrogens (tertiary/aromatic N) is 3. The summed E-state index contributed by atoms with van der Waals surface area (Å²) in [5.41, 5.74) is 0.721. The second-order valence-corrected chi connectivity index (χ2v) is 9.92. The van der Waals surface area contributed by atoms with Gasteiger partial charge >= 0.3 is 0 Å². The van der Waals surface area contributed by atoms with E-state index in [-0.39, 0.29) is 5.91 Å². The molecule has 7 heteroatoms. The molecule has 2 fully saturated rings. The van der Waals surface area contributed by atoms with E-state index < -0.39 is 0 Å². The van der Waals surface area contributed by atoms with Gasteiger partial charge in [-0.3, -0.25) is 9.59 Å². The molecule has 0 unspecified atom stereocenters. The minimum Gasteiger partial charge on any atom is -0.343 e. The molecule has 3 heterocycles. The Kier molecular flexibility index (Phi) is 7.10. The van der Waals surface area contributed by atoms with E-state index >= 15 is 0 Å². The number of aromatic nitrogens is 1. The van der Waals surface area contributed by atoms with Crippen LogP contribution in [0.25, 0.3) is 0 Å². The lowest BCUT2D eigenvalue weighted by Gasteiger charge is -2.32. The normalized spacial score (nSPS) is 17.4. The van der Waals surface area contributed by atoms with Gasteiger partial charge in [-0.2, -0.15) is 0 Å². The van der Waals surface area contributed by atoms with Gasteiger partial charge in [0.1, 0.15) is 5.03 Å². The highest BCUT2D eigenvalue weighted by Gasteiger charge is 2.28. The summed E-state index contributed by atoms with van der Waals surface area (Å²) in [7, 11) is 0. The molecule has 1 aromatic heterocycles. The molecule has 2 aliphatic rings. The number of carbonyl (C=O) groups is 2. The Morgan fingerprint density at radius 2 is 1.73 bits per heavy atom. The van der Waals surface area contributed by atoms with Gasteiger partial charge in [0.2, 0.25) is 5.91 Å². The summed E-state index contributed by atoms with van der Waals surface area (Å²) in [6.07, 6.45) is 6.45. The largest absolute Gasteiger partial charge is 0.343 e. The zero-order chi connectivity index (χ0) is 20.9. The number of rotatable bonds is 5. The van der Waals surface area contributed by atoms with Crippen molar-refractivity contribution in [2.45, 2.75) is 42.0 Å². The van der Waals surface area contributed by atoms with Crippen molar-refractivity contribution >= 4 is 39.5 Å². The molecule has 2 aliphatic heterocycles. The third-order valence-corrected chi connectivity index (χ3v) is 7.35. The molecule has 2 saturated heterocycles. The number of benzene rings is 1. The molecule has 2 amide bonds. The molecule has 0 spiro atoms. The van der Waals surface area contributed by atoms with Crippen LogP contribution in [0.4, 0.5) is 0 Å². The Bertz CT molecular complexity index is 892. The first-order chi connectivity index (χ1) is 14.6. The van der Waals surface area contributed by atoms with E-state index in [9.17, 15) is 9.59 Å². The summed E-state index contributed by atoms with van der Waals surface area (Å²) in [6, 6.07) is 11.6. The lowest BCUT2D eigenvalue weighted by molar-refractivity contribution is -0.131. The number of halogens is 1. The Hall–Kier alpha value is -1.86. The molecule has 1 aromatic carbocycles. The van der Waals surface area contributed by atoms with E-state index in [0.29, 0.717) is 31.3 Å². The van der Waals surface area contributed by atoms with Crippen LogP contribution in [-0.2, 0) is 4.79 Å². The molecular formula is C23H26BrN3O2S. The van der Waals surface area contributed by atoms with Crippen molar-refractivity contribution in [2.24, 2.45) is 5.92 Å². The van der Waals surface area contributed by atoms with Crippen LogP contribution in [0.1, 0.15) is 42.5 Å². The highest BCUT2D eigenvalue weighted by molar-refractivity contribution is 9.10. The first-order valence-corrected chi connectivity index (χ1v) is 12.2. The van der Waals surface area contributed by atoms with Crippen molar-refractivity contribution in [3.05, 3.63) is 52.6 Å². The van der Waals surface area contributed by atoms with Crippen molar-refractivity contribution in [1.82, 2.24) is 14.8 Å². The number of hydrogen-bond acceptors (Lipinski definition) is 4. The van der Waals surface area contributed by atoms with E-state index in [0.717, 1.165) is 58.7 Å². The van der Waals surface area contributed by atoms with Gasteiger partial charge in [0, 0.05) is 48.2 Å². The fraction of sp³-hybridized carbons (Fsp3) is 0.435. The molecule has 0 aliphatic carbocycles. The zero-order valence-corrected chi connectivity index (χ0v) is 19.3. The molecule has 0 radical (unpaired) electrons. The van der Waals surface area contributed by atoms with Crippen molar-refractivity contribution in [3.8, 4) is 0 Å². The van der Waals surface area contributed by atoms with Crippen molar-refractivity contribution in [1.29, 1.82) is 0 Å². The number of pyridine rings is 1. The maximum Gasteiger partial charge on any atom is 0.255 e. The minimum absolute atomic E-state index is 0.0690. The summed E-state index contributed by atoms with van der Waals surface area (Å²) in [4.78, 5) is 34.9. The maximum absolute atomic E-state index is 13.2. The van der Waals surface area contributed by atoms with Crippen molar-refractivity contribution < 1.29 is 9.59 Å². The second kappa shape index (κ2) is 9.96. The molecule has 0 bridgehead atoms. The summed E-state index contributed by atoms with van der Waals surface area (Å²) in [5.74, 6) is 0.749. The Balaban J connectivity index is 1.36. The molecule has 30 heavy (non-hydrogen) atoms. The van der Waals surface area contributed by atoms with Crippen LogP contribution >= 0.6 is 27.7 Å². The standard InChI is InChI=1S/C23H26BrN3O2S/c24-18-7-8-21(25-16-18)30-20-6-2-1-5-19(20)23(29)27-13-9-17(10-14-27)15-22(28)26-11-3-4-12-26/h1-2,5-8,16-17H,3-4,9-15H2. The van der Waals surface area contributed by atoms with Gasteiger partial charge in [-0.05, 0) is 71.8 Å². The monoisotopic (exact) mass is 487 g/mol. The summed E-state index contributed by atoms with van der Waals surface area (Å²) in [5, 5.41) is 0.859. The maximum atomic E-state index is 13.2. The van der Waals surface area contributed by atoms with Crippen LogP contribution in [-0.4, -0.2) is 52.8 Å². The van der Waals surface area contributed by atoms with Gasteiger partial charge in [-0.1, -0.05) is 23.9 Å². The zero-order valence-electron chi connectivity index (χ0n) is 16.9. The summed E-state index contributed by atoms with van der Waals surface area (Å²) < 4.78 is 0.933. The van der Waals surface area contributed by atoms with Gasteiger partial charge < -0.3 is 9.80 Å². The summed E-state index contributed by atoms with van der Waals surface area (Å²) >= 11 is 4.91. The minimum atomic E-state index is 0.0690. The highest BCUT2D eigenvalue weighted by atomic mass is 79.9. The molecule has 0 saturated carbocycles. The van der Waals surface area contributed by atoms with Crippen LogP contribution in [0.3, 0.4) is 0 Å². The quantitative estimate of drug-likeness (QED) is 0.604. The van der Waals surface area contributed by atoms with Crippen LogP contribution in [0.15, 0.2) is 57.0 Å². The molecule has 0 N–H and O–H groups in total. The number of likely N-dealkylation sites (tertiary alicyclic amines) is 2. The van der Waals surface area contributed by atoms with E-state index in [1.165, 1.54) is 11.8 Å². The van der Waals surface area contributed by atoms with Gasteiger partial charge in [0.25, 0.3) is 5.91 Å². The van der Waals surface area contributed by atoms with Gasteiger partial charge in [0.05, 0.1) is 5.56 Å². The van der Waals surface area contributed by atoms with Crippen LogP contribution in [0, 0.1) is 5.92 Å². The Morgan fingerprint density at radius 3 is 2.43 bits per heavy atom. The lowest BCUT2D eigenvalue weighted by atomic mass is 9.92. The average Bonchev–Trinajstić information content (AvgIpc) is 3.31. The third-order valence-electron chi connectivity index (χ3n) is 5.86. The van der Waals surface area contributed by atoms with E-state index in [4.69, 9.17) is 0 Å². The number of amides is 2. The molecular weight excluding hydrogens is 462 g/mol. The average molecular weight is 488 g/mol. The lowest BCUT2D eigenvalue weighted by Crippen LogP contribution is -2.40. The fourth-order valence-electron chi connectivity index (χ4n) is 4.12. The van der Waals surface area contributed by atoms with E-state index in [1.54, 1.807) is 6.20 Å². The number of piperidine rings is 1. The Labute approximate surface area is 190 Å². The Morgan fingerprint density at radius 1 is 1.00 bits per heavy atom. The summed E-state index contributed by atoms with van der Waals surface area (Å²) in [6.45, 7) is 3.26. The van der Waals surface area contributed by atoms with E-state index in [2.05, 4.69) is 20.9 Å². The fourth-order valence-corrected chi connectivity index (χ4v) is 5.23. The van der Waals surface area contributed by atoms with Crippen LogP contribution in [0.5, 0.6) is 0 Å². The molecule has 2 aromatic rings. The smallest absolute Gasteiger partial charge is 0.255 e. The predicted molar refractivity (Wildman–Crippen MR) is 122 cm³/mol. The molecule has 4 rings (SSSR count). The first kappa shape index (κ1) is 21.4. The van der Waals surface area contributed by atoms with Gasteiger partial charge in [0.15, 0.2) is 0 Å². The highest BCUT2D eigenvalue weighted by Crippen LogP contribution is 2.31. The van der Waals surface area contributed by atoms with Crippen molar-refractivity contribution in [2.75, 3.05) is 26.2 Å². The van der Waals surface area contributed by atoms with E-state index in [1.807, 2.05) is 46.2 Å². The van der Waals surface area contributed by atoms with Crippen LogP contribution in [0.2, 0.25) is 0 Å². The predicted octanol–water partition coefficient (Wildman–Crippen LogP) is 4.86. The second-order valence-electron chi connectivity index (χ2n) is 7.94. The molecule has 158 valence electrons. The van der Waals surface area contributed by atoms with Gasteiger partial charge in [-0.15, -0.1) is 0 Å².